The molecule has 3 aliphatic rings. The van der Waals surface area contributed by atoms with E-state index in [-0.39, 0.29) is 0 Å². The molecular formula is C6H10OS. The van der Waals surface area contributed by atoms with Crippen LogP contribution in [-0.2, 0) is 4.74 Å². The normalized spacial score (nSPS) is 45.0. The van der Waals surface area contributed by atoms with Crippen LogP contribution in [0, 0.1) is 0 Å². The van der Waals surface area contributed by atoms with Crippen molar-refractivity contribution < 1.29 is 4.74 Å². The van der Waals surface area contributed by atoms with Gasteiger partial charge in [0, 0.05) is 17.1 Å². The highest BCUT2D eigenvalue weighted by Crippen LogP contribution is 2.40. The first-order chi connectivity index (χ1) is 3.95. The van der Waals surface area contributed by atoms with Crippen molar-refractivity contribution in [3.8, 4) is 0 Å². The van der Waals surface area contributed by atoms with E-state index in [2.05, 4.69) is 11.8 Å². The van der Waals surface area contributed by atoms with Crippen LogP contribution in [0.3, 0.4) is 0 Å². The van der Waals surface area contributed by atoms with Gasteiger partial charge in [0.1, 0.15) is 0 Å². The Hall–Kier alpha value is 0.310. The Morgan fingerprint density at radius 2 is 2.25 bits per heavy atom. The zero-order chi connectivity index (χ0) is 5.40. The number of ether oxygens (including phenoxy) is 1. The average Bonchev–Trinajstić information content (AvgIpc) is 1.89. The van der Waals surface area contributed by atoms with Gasteiger partial charge in [-0.2, -0.15) is 11.8 Å². The number of fused-ring (bicyclic) bond motifs is 3. The van der Waals surface area contributed by atoms with E-state index in [1.54, 1.807) is 0 Å². The van der Waals surface area contributed by atoms with Crippen LogP contribution in [-0.4, -0.2) is 23.7 Å². The first-order valence-corrected chi connectivity index (χ1v) is 4.12. The van der Waals surface area contributed by atoms with Crippen molar-refractivity contribution in [3.05, 3.63) is 0 Å². The third-order valence-electron chi connectivity index (χ3n) is 1.80. The molecule has 3 saturated heterocycles. The molecule has 1 nitrogen and oxygen atoms in total. The molecule has 46 valence electrons. The Labute approximate surface area is 53.8 Å². The van der Waals surface area contributed by atoms with E-state index in [1.165, 1.54) is 12.8 Å². The van der Waals surface area contributed by atoms with Crippen LogP contribution in [0.25, 0.3) is 0 Å². The lowest BCUT2D eigenvalue weighted by atomic mass is 10.2. The molecule has 3 aliphatic heterocycles. The van der Waals surface area contributed by atoms with Gasteiger partial charge in [0.05, 0.1) is 6.61 Å². The lowest BCUT2D eigenvalue weighted by Crippen LogP contribution is -2.26. The summed E-state index contributed by atoms with van der Waals surface area (Å²) >= 11 is 2.11. The molecule has 0 aromatic rings. The SMILES string of the molecule is C1CC2CC(CO1)S2. The standard InChI is InChI=1S/C6H10OS/c1-2-7-4-6-3-5(1)8-6/h5-6H,1-4H2. The maximum atomic E-state index is 5.33. The van der Waals surface area contributed by atoms with Gasteiger partial charge in [-0.25, -0.2) is 0 Å². The molecule has 2 heteroatoms. The van der Waals surface area contributed by atoms with Crippen molar-refractivity contribution in [2.45, 2.75) is 23.3 Å². The zero-order valence-electron chi connectivity index (χ0n) is 4.80. The molecule has 2 unspecified atom stereocenters. The van der Waals surface area contributed by atoms with Gasteiger partial charge < -0.3 is 4.74 Å². The summed E-state index contributed by atoms with van der Waals surface area (Å²) in [6, 6.07) is 0. The van der Waals surface area contributed by atoms with Gasteiger partial charge in [-0.1, -0.05) is 0 Å². The summed E-state index contributed by atoms with van der Waals surface area (Å²) in [5.41, 5.74) is 0. The van der Waals surface area contributed by atoms with Gasteiger partial charge >= 0.3 is 0 Å². The molecule has 2 atom stereocenters. The van der Waals surface area contributed by atoms with Gasteiger partial charge in [-0.3, -0.25) is 0 Å². The van der Waals surface area contributed by atoms with Crippen molar-refractivity contribution in [1.82, 2.24) is 0 Å². The Bertz CT molecular complexity index is 73.0. The highest BCUT2D eigenvalue weighted by molar-refractivity contribution is 8.01. The van der Waals surface area contributed by atoms with E-state index in [4.69, 9.17) is 4.74 Å². The van der Waals surface area contributed by atoms with Gasteiger partial charge in [-0.05, 0) is 12.8 Å². The largest absolute Gasteiger partial charge is 0.380 e. The molecule has 3 heterocycles. The van der Waals surface area contributed by atoms with Crippen molar-refractivity contribution in [3.63, 3.8) is 0 Å². The molecule has 3 fully saturated rings. The van der Waals surface area contributed by atoms with Gasteiger partial charge in [0.25, 0.3) is 0 Å². The van der Waals surface area contributed by atoms with E-state index in [0.29, 0.717) is 0 Å². The number of thioether (sulfide) groups is 1. The molecule has 0 aliphatic carbocycles. The van der Waals surface area contributed by atoms with Crippen LogP contribution in [0.4, 0.5) is 0 Å². The van der Waals surface area contributed by atoms with Crippen molar-refractivity contribution in [1.29, 1.82) is 0 Å². The fourth-order valence-electron chi connectivity index (χ4n) is 1.28. The first kappa shape index (κ1) is 5.12. The van der Waals surface area contributed by atoms with Gasteiger partial charge in [0.15, 0.2) is 0 Å². The summed E-state index contributed by atoms with van der Waals surface area (Å²) in [6.07, 6.45) is 2.71. The van der Waals surface area contributed by atoms with Crippen LogP contribution in [0.5, 0.6) is 0 Å². The number of rotatable bonds is 0. The zero-order valence-corrected chi connectivity index (χ0v) is 5.62. The van der Waals surface area contributed by atoms with Crippen molar-refractivity contribution in [2.24, 2.45) is 0 Å². The highest BCUT2D eigenvalue weighted by Gasteiger charge is 2.31. The van der Waals surface area contributed by atoms with Gasteiger partial charge in [0.2, 0.25) is 0 Å². The maximum absolute atomic E-state index is 5.33. The smallest absolute Gasteiger partial charge is 0.0585 e. The molecule has 0 aromatic carbocycles. The van der Waals surface area contributed by atoms with E-state index in [9.17, 15) is 0 Å². The first-order valence-electron chi connectivity index (χ1n) is 3.18. The van der Waals surface area contributed by atoms with Crippen LogP contribution >= 0.6 is 11.8 Å². The second kappa shape index (κ2) is 1.92. The molecule has 8 heavy (non-hydrogen) atoms. The van der Waals surface area contributed by atoms with E-state index in [0.717, 1.165) is 23.7 Å². The van der Waals surface area contributed by atoms with Crippen LogP contribution in [0.2, 0.25) is 0 Å². The molecule has 0 aromatic heterocycles. The highest BCUT2D eigenvalue weighted by atomic mass is 32.2. The van der Waals surface area contributed by atoms with E-state index >= 15 is 0 Å². The van der Waals surface area contributed by atoms with Crippen molar-refractivity contribution >= 4 is 11.8 Å². The lowest BCUT2D eigenvalue weighted by molar-refractivity contribution is 0.150. The topological polar surface area (TPSA) is 9.23 Å². The minimum Gasteiger partial charge on any atom is -0.380 e. The third kappa shape index (κ3) is 0.759. The quantitative estimate of drug-likeness (QED) is 0.488. The Morgan fingerprint density at radius 3 is 3.12 bits per heavy atom. The summed E-state index contributed by atoms with van der Waals surface area (Å²) in [6.45, 7) is 2.02. The second-order valence-corrected chi connectivity index (χ2v) is 4.08. The predicted octanol–water partition coefficient (Wildman–Crippen LogP) is 1.28. The van der Waals surface area contributed by atoms with E-state index < -0.39 is 0 Å². The minimum atomic E-state index is 0.863. The van der Waals surface area contributed by atoms with Crippen LogP contribution in [0.1, 0.15) is 12.8 Å². The summed E-state index contributed by atoms with van der Waals surface area (Å²) < 4.78 is 5.33. The number of hydrogen-bond acceptors (Lipinski definition) is 2. The lowest BCUT2D eigenvalue weighted by Gasteiger charge is -2.30. The van der Waals surface area contributed by atoms with Crippen LogP contribution < -0.4 is 0 Å². The number of hydrogen-bond donors (Lipinski definition) is 0. The molecule has 2 bridgehead atoms. The molecule has 0 spiro atoms. The summed E-state index contributed by atoms with van der Waals surface area (Å²) in [5, 5.41) is 1.82. The Morgan fingerprint density at radius 1 is 1.38 bits per heavy atom. The van der Waals surface area contributed by atoms with Crippen molar-refractivity contribution in [2.75, 3.05) is 13.2 Å². The second-order valence-electron chi connectivity index (χ2n) is 2.48. The maximum Gasteiger partial charge on any atom is 0.0585 e. The fraction of sp³-hybridized carbons (Fsp3) is 1.00. The van der Waals surface area contributed by atoms with Gasteiger partial charge in [-0.15, -0.1) is 0 Å². The Kier molecular flexibility index (Phi) is 1.23. The molecule has 0 saturated carbocycles. The fourth-order valence-corrected chi connectivity index (χ4v) is 2.56. The molecule has 0 N–H and O–H groups in total. The van der Waals surface area contributed by atoms with Crippen LogP contribution in [0.15, 0.2) is 0 Å². The average molecular weight is 130 g/mol. The molecule has 3 rings (SSSR count). The predicted molar refractivity (Wildman–Crippen MR) is 35.2 cm³/mol. The minimum absolute atomic E-state index is 0.863. The molecular weight excluding hydrogens is 120 g/mol. The summed E-state index contributed by atoms with van der Waals surface area (Å²) in [7, 11) is 0. The summed E-state index contributed by atoms with van der Waals surface area (Å²) in [5.74, 6) is 0. The monoisotopic (exact) mass is 130 g/mol. The molecule has 0 radical (unpaired) electrons. The summed E-state index contributed by atoms with van der Waals surface area (Å²) in [4.78, 5) is 0. The third-order valence-corrected chi connectivity index (χ3v) is 3.33. The Balaban J connectivity index is 1.95. The van der Waals surface area contributed by atoms with E-state index in [1.807, 2.05) is 0 Å². The molecule has 0 amide bonds.